The molecule has 116 valence electrons. The van der Waals surface area contributed by atoms with Crippen LogP contribution in [0.4, 0.5) is 0 Å². The van der Waals surface area contributed by atoms with Gasteiger partial charge in [-0.25, -0.2) is 0 Å². The maximum atomic E-state index is 11.6. The van der Waals surface area contributed by atoms with Crippen LogP contribution in [0.2, 0.25) is 0 Å². The van der Waals surface area contributed by atoms with Gasteiger partial charge in [-0.05, 0) is 61.6 Å². The molecule has 1 fully saturated rings. The first kappa shape index (κ1) is 16.1. The SMILES string of the molecule is CCCCC(=O)Oc1ccc(C2CCC(CC)CC2)cc1. The largest absolute Gasteiger partial charge is 0.427 e. The zero-order valence-electron chi connectivity index (χ0n) is 13.4. The average molecular weight is 288 g/mol. The molecule has 0 unspecified atom stereocenters. The molecule has 1 aromatic carbocycles. The highest BCUT2D eigenvalue weighted by Crippen LogP contribution is 2.37. The quantitative estimate of drug-likeness (QED) is 0.513. The van der Waals surface area contributed by atoms with Gasteiger partial charge in [-0.15, -0.1) is 0 Å². The monoisotopic (exact) mass is 288 g/mol. The first-order valence-electron chi connectivity index (χ1n) is 8.53. The first-order valence-corrected chi connectivity index (χ1v) is 8.53. The standard InChI is InChI=1S/C19H28O2/c1-3-5-6-19(20)21-18-13-11-17(12-14-18)16-9-7-15(4-2)8-10-16/h11-16H,3-10H2,1-2H3. The summed E-state index contributed by atoms with van der Waals surface area (Å²) < 4.78 is 5.35. The molecule has 0 aliphatic heterocycles. The van der Waals surface area contributed by atoms with Crippen molar-refractivity contribution in [2.45, 2.75) is 71.1 Å². The molecule has 0 N–H and O–H groups in total. The summed E-state index contributed by atoms with van der Waals surface area (Å²) in [5.74, 6) is 2.19. The van der Waals surface area contributed by atoms with E-state index in [4.69, 9.17) is 4.74 Å². The number of esters is 1. The van der Waals surface area contributed by atoms with Crippen LogP contribution in [0.15, 0.2) is 24.3 Å². The predicted octanol–water partition coefficient (Wildman–Crippen LogP) is 5.47. The fourth-order valence-electron chi connectivity index (χ4n) is 3.22. The molecule has 0 amide bonds. The van der Waals surface area contributed by atoms with Crippen molar-refractivity contribution < 1.29 is 9.53 Å². The molecule has 0 atom stereocenters. The van der Waals surface area contributed by atoms with E-state index in [0.717, 1.165) is 18.8 Å². The maximum Gasteiger partial charge on any atom is 0.311 e. The number of carbonyl (C=O) groups is 1. The molecule has 2 rings (SSSR count). The van der Waals surface area contributed by atoms with E-state index in [0.29, 0.717) is 18.1 Å². The lowest BCUT2D eigenvalue weighted by molar-refractivity contribution is -0.134. The third kappa shape index (κ3) is 4.87. The van der Waals surface area contributed by atoms with Crippen molar-refractivity contribution in [2.75, 3.05) is 0 Å². The minimum atomic E-state index is -0.118. The molecule has 2 nitrogen and oxygen atoms in total. The Bertz CT molecular complexity index is 427. The lowest BCUT2D eigenvalue weighted by Gasteiger charge is -2.28. The fourth-order valence-corrected chi connectivity index (χ4v) is 3.22. The van der Waals surface area contributed by atoms with Crippen LogP contribution >= 0.6 is 0 Å². The summed E-state index contributed by atoms with van der Waals surface area (Å²) in [7, 11) is 0. The zero-order chi connectivity index (χ0) is 15.1. The Hall–Kier alpha value is -1.31. The van der Waals surface area contributed by atoms with E-state index in [9.17, 15) is 4.79 Å². The highest BCUT2D eigenvalue weighted by Gasteiger charge is 2.21. The Balaban J connectivity index is 1.86. The van der Waals surface area contributed by atoms with E-state index < -0.39 is 0 Å². The topological polar surface area (TPSA) is 26.3 Å². The van der Waals surface area contributed by atoms with Crippen molar-refractivity contribution >= 4 is 5.97 Å². The summed E-state index contributed by atoms with van der Waals surface area (Å²) >= 11 is 0. The van der Waals surface area contributed by atoms with Gasteiger partial charge in [0.1, 0.15) is 5.75 Å². The Kier molecular flexibility index (Phi) is 6.28. The molecule has 1 aromatic rings. The second-order valence-electron chi connectivity index (χ2n) is 6.27. The number of hydrogen-bond acceptors (Lipinski definition) is 2. The molecule has 0 bridgehead atoms. The van der Waals surface area contributed by atoms with E-state index in [1.807, 2.05) is 12.1 Å². The number of ether oxygens (including phenoxy) is 1. The summed E-state index contributed by atoms with van der Waals surface area (Å²) in [6.07, 6.45) is 9.07. The van der Waals surface area contributed by atoms with E-state index in [-0.39, 0.29) is 5.97 Å². The fraction of sp³-hybridized carbons (Fsp3) is 0.632. The van der Waals surface area contributed by atoms with Crippen molar-refractivity contribution in [3.8, 4) is 5.75 Å². The van der Waals surface area contributed by atoms with Gasteiger partial charge in [0.25, 0.3) is 0 Å². The highest BCUT2D eigenvalue weighted by atomic mass is 16.5. The molecule has 1 aliphatic rings. The van der Waals surface area contributed by atoms with Crippen LogP contribution in [-0.4, -0.2) is 5.97 Å². The molecular weight excluding hydrogens is 260 g/mol. The lowest BCUT2D eigenvalue weighted by atomic mass is 9.78. The normalized spacial score (nSPS) is 22.0. The van der Waals surface area contributed by atoms with E-state index in [2.05, 4.69) is 26.0 Å². The van der Waals surface area contributed by atoms with Gasteiger partial charge in [0.2, 0.25) is 0 Å². The number of hydrogen-bond donors (Lipinski definition) is 0. The van der Waals surface area contributed by atoms with Gasteiger partial charge in [-0.3, -0.25) is 4.79 Å². The molecule has 21 heavy (non-hydrogen) atoms. The summed E-state index contributed by atoms with van der Waals surface area (Å²) in [4.78, 5) is 11.6. The van der Waals surface area contributed by atoms with Crippen LogP contribution in [0.3, 0.4) is 0 Å². The van der Waals surface area contributed by atoms with Crippen molar-refractivity contribution in [1.29, 1.82) is 0 Å². The summed E-state index contributed by atoms with van der Waals surface area (Å²) in [6, 6.07) is 8.18. The zero-order valence-corrected chi connectivity index (χ0v) is 13.4. The molecule has 1 saturated carbocycles. The van der Waals surface area contributed by atoms with Crippen LogP contribution in [0, 0.1) is 5.92 Å². The maximum absolute atomic E-state index is 11.6. The third-order valence-electron chi connectivity index (χ3n) is 4.74. The van der Waals surface area contributed by atoms with E-state index >= 15 is 0 Å². The number of rotatable bonds is 6. The second kappa shape index (κ2) is 8.21. The van der Waals surface area contributed by atoms with Gasteiger partial charge >= 0.3 is 5.97 Å². The van der Waals surface area contributed by atoms with Gasteiger partial charge in [0.05, 0.1) is 0 Å². The molecule has 0 spiro atoms. The van der Waals surface area contributed by atoms with Crippen LogP contribution in [-0.2, 0) is 4.79 Å². The Morgan fingerprint density at radius 2 is 1.76 bits per heavy atom. The average Bonchev–Trinajstić information content (AvgIpc) is 2.54. The van der Waals surface area contributed by atoms with E-state index in [1.165, 1.54) is 37.7 Å². The molecule has 0 heterocycles. The van der Waals surface area contributed by atoms with E-state index in [1.54, 1.807) is 0 Å². The summed E-state index contributed by atoms with van der Waals surface area (Å²) in [6.45, 7) is 4.38. The third-order valence-corrected chi connectivity index (χ3v) is 4.74. The summed E-state index contributed by atoms with van der Waals surface area (Å²) in [5, 5.41) is 0. The Labute approximate surface area is 128 Å². The molecule has 0 radical (unpaired) electrons. The van der Waals surface area contributed by atoms with Crippen molar-refractivity contribution in [1.82, 2.24) is 0 Å². The van der Waals surface area contributed by atoms with Gasteiger partial charge < -0.3 is 4.74 Å². The Morgan fingerprint density at radius 1 is 1.10 bits per heavy atom. The highest BCUT2D eigenvalue weighted by molar-refractivity contribution is 5.72. The van der Waals surface area contributed by atoms with Gasteiger partial charge in [-0.1, -0.05) is 38.8 Å². The van der Waals surface area contributed by atoms with Crippen molar-refractivity contribution in [3.05, 3.63) is 29.8 Å². The smallest absolute Gasteiger partial charge is 0.311 e. The molecule has 1 aliphatic carbocycles. The van der Waals surface area contributed by atoms with Gasteiger partial charge in [0, 0.05) is 6.42 Å². The predicted molar refractivity (Wildman–Crippen MR) is 86.6 cm³/mol. The van der Waals surface area contributed by atoms with Crippen molar-refractivity contribution in [3.63, 3.8) is 0 Å². The number of carbonyl (C=O) groups excluding carboxylic acids is 1. The van der Waals surface area contributed by atoms with Crippen LogP contribution in [0.5, 0.6) is 5.75 Å². The number of benzene rings is 1. The van der Waals surface area contributed by atoms with Gasteiger partial charge in [0.15, 0.2) is 0 Å². The minimum absolute atomic E-state index is 0.118. The summed E-state index contributed by atoms with van der Waals surface area (Å²) in [5.41, 5.74) is 1.40. The molecule has 0 aromatic heterocycles. The van der Waals surface area contributed by atoms with Crippen LogP contribution in [0.25, 0.3) is 0 Å². The molecular formula is C19H28O2. The van der Waals surface area contributed by atoms with Crippen molar-refractivity contribution in [2.24, 2.45) is 5.92 Å². The molecule has 0 saturated heterocycles. The molecule has 2 heteroatoms. The van der Waals surface area contributed by atoms with Gasteiger partial charge in [-0.2, -0.15) is 0 Å². The number of unbranched alkanes of at least 4 members (excludes halogenated alkanes) is 1. The van der Waals surface area contributed by atoms with Crippen LogP contribution in [0.1, 0.15) is 76.7 Å². The van der Waals surface area contributed by atoms with Crippen LogP contribution < -0.4 is 4.74 Å². The second-order valence-corrected chi connectivity index (χ2v) is 6.27. The Morgan fingerprint density at radius 3 is 2.33 bits per heavy atom. The lowest BCUT2D eigenvalue weighted by Crippen LogP contribution is -2.12. The minimum Gasteiger partial charge on any atom is -0.427 e. The first-order chi connectivity index (χ1) is 10.2.